The van der Waals surface area contributed by atoms with E-state index < -0.39 is 5.97 Å². The summed E-state index contributed by atoms with van der Waals surface area (Å²) in [6.07, 6.45) is 0. The smallest absolute Gasteiger partial charge is 0.357 e. The number of carbonyl (C=O) groups is 1. The minimum absolute atomic E-state index is 0.0894. The summed E-state index contributed by atoms with van der Waals surface area (Å²) in [5, 5.41) is 17.6. The molecular weight excluding hydrogens is 374 g/mol. The number of aromatic nitrogens is 3. The van der Waals surface area contributed by atoms with Crippen LogP contribution < -0.4 is 4.74 Å². The topological polar surface area (TPSA) is 108 Å². The average molecular weight is 391 g/mol. The van der Waals surface area contributed by atoms with Gasteiger partial charge in [0.15, 0.2) is 11.2 Å². The number of esters is 1. The Morgan fingerprint density at radius 1 is 1.00 bits per heavy atom. The Morgan fingerprint density at radius 2 is 1.66 bits per heavy atom. The fraction of sp³-hybridized carbons (Fsp3) is 0.143. The molecule has 2 heterocycles. The van der Waals surface area contributed by atoms with Gasteiger partial charge in [-0.2, -0.15) is 0 Å². The van der Waals surface area contributed by atoms with E-state index in [9.17, 15) is 9.90 Å². The third-order valence-corrected chi connectivity index (χ3v) is 4.40. The molecule has 146 valence electrons. The van der Waals surface area contributed by atoms with E-state index in [1.807, 2.05) is 12.1 Å². The van der Waals surface area contributed by atoms with Gasteiger partial charge < -0.3 is 14.6 Å². The van der Waals surface area contributed by atoms with E-state index >= 15 is 0 Å². The van der Waals surface area contributed by atoms with Crippen molar-refractivity contribution in [1.29, 1.82) is 0 Å². The normalized spacial score (nSPS) is 10.8. The van der Waals surface area contributed by atoms with Crippen LogP contribution >= 0.6 is 0 Å². The molecule has 4 aromatic rings. The summed E-state index contributed by atoms with van der Waals surface area (Å²) >= 11 is 0. The van der Waals surface area contributed by atoms with Crippen molar-refractivity contribution in [1.82, 2.24) is 15.3 Å². The number of phenols is 1. The van der Waals surface area contributed by atoms with Crippen LogP contribution in [0.2, 0.25) is 0 Å². The number of methoxy groups -OCH3 is 1. The second kappa shape index (κ2) is 7.59. The summed E-state index contributed by atoms with van der Waals surface area (Å²) in [6, 6.07) is 13.5. The molecule has 0 fully saturated rings. The number of ether oxygens (including phenoxy) is 2. The first kappa shape index (κ1) is 18.4. The molecule has 0 bridgehead atoms. The fourth-order valence-corrected chi connectivity index (χ4v) is 3.04. The molecule has 0 spiro atoms. The largest absolute Gasteiger partial charge is 0.508 e. The van der Waals surface area contributed by atoms with Gasteiger partial charge in [0.2, 0.25) is 0 Å². The second-order valence-electron chi connectivity index (χ2n) is 6.14. The summed E-state index contributed by atoms with van der Waals surface area (Å²) in [4.78, 5) is 17.3. The number of carbonyl (C=O) groups excluding carboxylic acids is 1. The monoisotopic (exact) mass is 391 g/mol. The maximum Gasteiger partial charge on any atom is 0.357 e. The number of benzene rings is 2. The molecule has 1 N–H and O–H groups in total. The van der Waals surface area contributed by atoms with E-state index in [-0.39, 0.29) is 18.1 Å². The summed E-state index contributed by atoms with van der Waals surface area (Å²) in [5.41, 5.74) is 3.08. The molecule has 0 aliphatic rings. The Morgan fingerprint density at radius 3 is 2.31 bits per heavy atom. The highest BCUT2D eigenvalue weighted by Crippen LogP contribution is 2.36. The Hall–Kier alpha value is -3.94. The van der Waals surface area contributed by atoms with E-state index in [2.05, 4.69) is 15.3 Å². The van der Waals surface area contributed by atoms with Crippen molar-refractivity contribution in [3.8, 4) is 33.9 Å². The zero-order valence-electron chi connectivity index (χ0n) is 15.7. The lowest BCUT2D eigenvalue weighted by atomic mass is 9.99. The highest BCUT2D eigenvalue weighted by atomic mass is 16.6. The number of nitrogens with zero attached hydrogens (tertiary/aromatic N) is 3. The van der Waals surface area contributed by atoms with Crippen molar-refractivity contribution < 1.29 is 24.0 Å². The molecular formula is C21H17N3O5. The standard InChI is InChI=1S/C21H17N3O5/c1-3-28-21(26)19-16(12-4-8-14(25)9-5-12)18-20(24-29-23-18)17(22-19)13-6-10-15(27-2)11-7-13/h4-11,25H,3H2,1-2H3. The van der Waals surface area contributed by atoms with Crippen molar-refractivity contribution in [3.63, 3.8) is 0 Å². The van der Waals surface area contributed by atoms with Crippen LogP contribution in [0, 0.1) is 0 Å². The Bertz CT molecular complexity index is 1170. The summed E-state index contributed by atoms with van der Waals surface area (Å²) < 4.78 is 15.4. The van der Waals surface area contributed by atoms with E-state index in [4.69, 9.17) is 14.1 Å². The van der Waals surface area contributed by atoms with Gasteiger partial charge in [0, 0.05) is 11.1 Å². The van der Waals surface area contributed by atoms with E-state index in [1.165, 1.54) is 12.1 Å². The summed E-state index contributed by atoms with van der Waals surface area (Å²) in [7, 11) is 1.58. The zero-order chi connectivity index (χ0) is 20.4. The molecule has 0 saturated carbocycles. The fourth-order valence-electron chi connectivity index (χ4n) is 3.04. The van der Waals surface area contributed by atoms with Crippen LogP contribution in [0.25, 0.3) is 33.4 Å². The van der Waals surface area contributed by atoms with Gasteiger partial charge in [-0.25, -0.2) is 14.4 Å². The minimum atomic E-state index is -0.588. The van der Waals surface area contributed by atoms with Crippen molar-refractivity contribution in [3.05, 3.63) is 54.2 Å². The molecule has 29 heavy (non-hydrogen) atoms. The molecule has 2 aromatic carbocycles. The van der Waals surface area contributed by atoms with Crippen LogP contribution in [0.5, 0.6) is 11.5 Å². The van der Waals surface area contributed by atoms with Crippen LogP contribution in [0.15, 0.2) is 53.2 Å². The van der Waals surface area contributed by atoms with Gasteiger partial charge in [-0.3, -0.25) is 0 Å². The minimum Gasteiger partial charge on any atom is -0.508 e. The molecule has 0 saturated heterocycles. The summed E-state index contributed by atoms with van der Waals surface area (Å²) in [6.45, 7) is 1.92. The number of pyridine rings is 1. The Labute approximate surface area is 165 Å². The van der Waals surface area contributed by atoms with Crippen LogP contribution in [0.3, 0.4) is 0 Å². The predicted molar refractivity (Wildman–Crippen MR) is 105 cm³/mol. The van der Waals surface area contributed by atoms with Gasteiger partial charge in [0.05, 0.1) is 13.7 Å². The van der Waals surface area contributed by atoms with Gasteiger partial charge in [0.25, 0.3) is 0 Å². The number of hydrogen-bond donors (Lipinski definition) is 1. The van der Waals surface area contributed by atoms with E-state index in [1.54, 1.807) is 38.3 Å². The lowest BCUT2D eigenvalue weighted by Gasteiger charge is -2.12. The van der Waals surface area contributed by atoms with Gasteiger partial charge >= 0.3 is 5.97 Å². The van der Waals surface area contributed by atoms with Gasteiger partial charge in [-0.05, 0) is 59.2 Å². The first-order chi connectivity index (χ1) is 14.1. The zero-order valence-corrected chi connectivity index (χ0v) is 15.7. The Balaban J connectivity index is 1.99. The molecule has 0 unspecified atom stereocenters. The summed E-state index contributed by atoms with van der Waals surface area (Å²) in [5.74, 6) is 0.202. The van der Waals surface area contributed by atoms with Crippen LogP contribution in [-0.2, 0) is 4.74 Å². The lowest BCUT2D eigenvalue weighted by Crippen LogP contribution is -2.10. The van der Waals surface area contributed by atoms with Crippen molar-refractivity contribution in [2.75, 3.05) is 13.7 Å². The molecule has 8 heteroatoms. The third kappa shape index (κ3) is 3.36. The number of fused-ring (bicyclic) bond motifs is 1. The maximum atomic E-state index is 12.7. The third-order valence-electron chi connectivity index (χ3n) is 4.40. The SMILES string of the molecule is CCOC(=O)c1nc(-c2ccc(OC)cc2)c2nonc2c1-c1ccc(O)cc1. The molecule has 0 atom stereocenters. The van der Waals surface area contributed by atoms with Gasteiger partial charge in [0.1, 0.15) is 22.7 Å². The van der Waals surface area contributed by atoms with Gasteiger partial charge in [-0.1, -0.05) is 12.1 Å². The molecule has 8 nitrogen and oxygen atoms in total. The van der Waals surface area contributed by atoms with Crippen LogP contribution in [-0.4, -0.2) is 40.1 Å². The van der Waals surface area contributed by atoms with E-state index in [0.717, 1.165) is 0 Å². The molecule has 0 radical (unpaired) electrons. The number of hydrogen-bond acceptors (Lipinski definition) is 8. The quantitative estimate of drug-likeness (QED) is 0.511. The first-order valence-corrected chi connectivity index (χ1v) is 8.89. The lowest BCUT2D eigenvalue weighted by molar-refractivity contribution is 0.0521. The highest BCUT2D eigenvalue weighted by Gasteiger charge is 2.25. The predicted octanol–water partition coefficient (Wildman–Crippen LogP) is 3.84. The van der Waals surface area contributed by atoms with Crippen LogP contribution in [0.4, 0.5) is 0 Å². The number of aromatic hydroxyl groups is 1. The molecule has 4 rings (SSSR count). The van der Waals surface area contributed by atoms with E-state index in [0.29, 0.717) is 39.2 Å². The molecule has 2 aromatic heterocycles. The second-order valence-corrected chi connectivity index (χ2v) is 6.14. The van der Waals surface area contributed by atoms with Crippen LogP contribution in [0.1, 0.15) is 17.4 Å². The number of phenolic OH excluding ortho intramolecular Hbond substituents is 1. The highest BCUT2D eigenvalue weighted by molar-refractivity contribution is 6.07. The molecule has 0 amide bonds. The van der Waals surface area contributed by atoms with Crippen molar-refractivity contribution >= 4 is 17.0 Å². The molecule has 0 aliphatic heterocycles. The van der Waals surface area contributed by atoms with Gasteiger partial charge in [-0.15, -0.1) is 0 Å². The maximum absolute atomic E-state index is 12.7. The van der Waals surface area contributed by atoms with Crippen molar-refractivity contribution in [2.24, 2.45) is 0 Å². The molecule has 0 aliphatic carbocycles. The Kier molecular flexibility index (Phi) is 4.82. The first-order valence-electron chi connectivity index (χ1n) is 8.89. The average Bonchev–Trinajstić information content (AvgIpc) is 3.23. The number of rotatable bonds is 5. The van der Waals surface area contributed by atoms with Crippen molar-refractivity contribution in [2.45, 2.75) is 6.92 Å².